The van der Waals surface area contributed by atoms with E-state index in [0.717, 1.165) is 5.56 Å². The fourth-order valence-electron chi connectivity index (χ4n) is 3.51. The number of nitrogens with zero attached hydrogens (tertiary/aromatic N) is 1. The van der Waals surface area contributed by atoms with Crippen molar-refractivity contribution in [3.05, 3.63) is 53.1 Å². The van der Waals surface area contributed by atoms with Crippen LogP contribution in [0.5, 0.6) is 0 Å². The summed E-state index contributed by atoms with van der Waals surface area (Å²) in [5.41, 5.74) is 2.51. The van der Waals surface area contributed by atoms with Gasteiger partial charge in [0.2, 0.25) is 0 Å². The summed E-state index contributed by atoms with van der Waals surface area (Å²) in [7, 11) is -3.83. The number of carbonyl (C=O) groups is 2. The van der Waals surface area contributed by atoms with E-state index in [-0.39, 0.29) is 16.1 Å². The second-order valence-corrected chi connectivity index (χ2v) is 11.1. The highest BCUT2D eigenvalue weighted by molar-refractivity contribution is 7.92. The highest BCUT2D eigenvalue weighted by Crippen LogP contribution is 2.28. The second kappa shape index (κ2) is 12.8. The van der Waals surface area contributed by atoms with Gasteiger partial charge in [-0.15, -0.1) is 0 Å². The Morgan fingerprint density at radius 2 is 1.46 bits per heavy atom. The summed E-state index contributed by atoms with van der Waals surface area (Å²) >= 11 is 0. The Kier molecular flexibility index (Phi) is 11.0. The maximum absolute atomic E-state index is 12.9. The van der Waals surface area contributed by atoms with Crippen molar-refractivity contribution in [1.29, 1.82) is 0 Å². The minimum atomic E-state index is -5.08. The summed E-state index contributed by atoms with van der Waals surface area (Å²) in [6, 6.07) is 9.81. The summed E-state index contributed by atoms with van der Waals surface area (Å²) in [6.45, 7) is 13.4. The molecular formula is C25H33F3N2O6S. The standard InChI is InChI=1S/C23H32N2O4S.C2HF3O2/c1-15(2)13-25(14-16(3)4)21-9-8-19(12-20(21)23(26)27)24-30(28,29)22-10-7-17(5)11-18(22)6;3-2(4,5)1(6)7/h7-12,15-16,24H,13-14H2,1-6H3,(H,26,27);(H,6,7). The Morgan fingerprint density at radius 3 is 1.86 bits per heavy atom. The number of alkyl halides is 3. The first-order valence-corrected chi connectivity index (χ1v) is 12.9. The van der Waals surface area contributed by atoms with Crippen LogP contribution in [0.4, 0.5) is 24.5 Å². The highest BCUT2D eigenvalue weighted by atomic mass is 32.2. The Morgan fingerprint density at radius 1 is 0.946 bits per heavy atom. The van der Waals surface area contributed by atoms with E-state index >= 15 is 0 Å². The van der Waals surface area contributed by atoms with E-state index in [9.17, 15) is 31.5 Å². The van der Waals surface area contributed by atoms with Gasteiger partial charge in [0, 0.05) is 18.8 Å². The maximum atomic E-state index is 12.9. The zero-order valence-corrected chi connectivity index (χ0v) is 22.4. The van der Waals surface area contributed by atoms with Crippen molar-refractivity contribution in [3.63, 3.8) is 0 Å². The zero-order valence-electron chi connectivity index (χ0n) is 21.5. The van der Waals surface area contributed by atoms with Crippen molar-refractivity contribution >= 4 is 33.3 Å². The minimum Gasteiger partial charge on any atom is -0.478 e. The topological polar surface area (TPSA) is 124 Å². The molecule has 0 fully saturated rings. The number of halogens is 3. The van der Waals surface area contributed by atoms with E-state index in [1.165, 1.54) is 6.07 Å². The van der Waals surface area contributed by atoms with Crippen LogP contribution >= 0.6 is 0 Å². The molecule has 0 unspecified atom stereocenters. The van der Waals surface area contributed by atoms with Crippen LogP contribution in [0.2, 0.25) is 0 Å². The van der Waals surface area contributed by atoms with E-state index in [1.807, 2.05) is 6.92 Å². The van der Waals surface area contributed by atoms with Gasteiger partial charge >= 0.3 is 18.1 Å². The average Bonchev–Trinajstić information content (AvgIpc) is 2.71. The molecule has 0 heterocycles. The lowest BCUT2D eigenvalue weighted by atomic mass is 10.1. The van der Waals surface area contributed by atoms with Crippen LogP contribution in [-0.4, -0.2) is 49.8 Å². The summed E-state index contributed by atoms with van der Waals surface area (Å²) in [6.07, 6.45) is -5.08. The Labute approximate surface area is 215 Å². The average molecular weight is 547 g/mol. The number of rotatable bonds is 9. The SMILES string of the molecule is Cc1ccc(S(=O)(=O)Nc2ccc(N(CC(C)C)CC(C)C)c(C(=O)O)c2)c(C)c1.O=C(O)C(F)(F)F. The van der Waals surface area contributed by atoms with Crippen LogP contribution in [0.15, 0.2) is 41.3 Å². The number of sulfonamides is 1. The number of hydrogen-bond acceptors (Lipinski definition) is 5. The molecule has 3 N–H and O–H groups in total. The van der Waals surface area contributed by atoms with Crippen LogP contribution in [0.3, 0.4) is 0 Å². The summed E-state index contributed by atoms with van der Waals surface area (Å²) in [5.74, 6) is -3.14. The number of benzene rings is 2. The van der Waals surface area contributed by atoms with Gasteiger partial charge in [-0.1, -0.05) is 45.4 Å². The molecule has 0 aliphatic rings. The third-order valence-electron chi connectivity index (χ3n) is 4.85. The quantitative estimate of drug-likeness (QED) is 0.376. The Balaban J connectivity index is 0.000000856. The molecule has 0 saturated carbocycles. The van der Waals surface area contributed by atoms with E-state index in [2.05, 4.69) is 37.3 Å². The molecule has 37 heavy (non-hydrogen) atoms. The lowest BCUT2D eigenvalue weighted by Crippen LogP contribution is -2.32. The molecule has 0 aliphatic carbocycles. The van der Waals surface area contributed by atoms with Crippen LogP contribution in [0.1, 0.15) is 49.2 Å². The Bertz CT molecular complexity index is 1200. The molecule has 0 atom stereocenters. The molecular weight excluding hydrogens is 513 g/mol. The second-order valence-electron chi connectivity index (χ2n) is 9.41. The van der Waals surface area contributed by atoms with E-state index in [1.54, 1.807) is 37.3 Å². The summed E-state index contributed by atoms with van der Waals surface area (Å²) < 4.78 is 60.0. The van der Waals surface area contributed by atoms with E-state index < -0.39 is 28.1 Å². The van der Waals surface area contributed by atoms with Crippen LogP contribution < -0.4 is 9.62 Å². The molecule has 0 amide bonds. The van der Waals surface area contributed by atoms with E-state index in [4.69, 9.17) is 9.90 Å². The predicted molar refractivity (Wildman–Crippen MR) is 136 cm³/mol. The molecule has 0 radical (unpaired) electrons. The van der Waals surface area contributed by atoms with Crippen LogP contribution in [-0.2, 0) is 14.8 Å². The smallest absolute Gasteiger partial charge is 0.478 e. The minimum absolute atomic E-state index is 0.0807. The van der Waals surface area contributed by atoms with Crippen molar-refractivity contribution in [1.82, 2.24) is 0 Å². The number of aromatic carboxylic acids is 1. The first-order valence-electron chi connectivity index (χ1n) is 11.4. The number of carboxylic acid groups (broad SMARTS) is 2. The van der Waals surface area contributed by atoms with Gasteiger partial charge in [0.15, 0.2) is 0 Å². The van der Waals surface area contributed by atoms with Gasteiger partial charge in [-0.25, -0.2) is 18.0 Å². The fraction of sp³-hybridized carbons (Fsp3) is 0.440. The molecule has 2 aromatic rings. The molecule has 12 heteroatoms. The number of anilines is 2. The first-order chi connectivity index (χ1) is 16.8. The van der Waals surface area contributed by atoms with Crippen LogP contribution in [0.25, 0.3) is 0 Å². The molecule has 0 aliphatic heterocycles. The predicted octanol–water partition coefficient (Wildman–Crippen LogP) is 5.55. The molecule has 0 bridgehead atoms. The highest BCUT2D eigenvalue weighted by Gasteiger charge is 2.38. The van der Waals surface area contributed by atoms with Gasteiger partial charge in [0.1, 0.15) is 0 Å². The normalized spacial score (nSPS) is 11.6. The summed E-state index contributed by atoms with van der Waals surface area (Å²) in [5, 5.41) is 16.9. The monoisotopic (exact) mass is 546 g/mol. The summed E-state index contributed by atoms with van der Waals surface area (Å²) in [4.78, 5) is 23.1. The number of hydrogen-bond donors (Lipinski definition) is 3. The molecule has 0 spiro atoms. The molecule has 8 nitrogen and oxygen atoms in total. The largest absolute Gasteiger partial charge is 0.490 e. The number of aryl methyl sites for hydroxylation is 2. The molecule has 2 aromatic carbocycles. The lowest BCUT2D eigenvalue weighted by Gasteiger charge is -2.30. The van der Waals surface area contributed by atoms with Crippen molar-refractivity contribution < 1.29 is 41.4 Å². The van der Waals surface area contributed by atoms with Crippen molar-refractivity contribution in [2.45, 2.75) is 52.6 Å². The van der Waals surface area contributed by atoms with Gasteiger partial charge in [-0.2, -0.15) is 13.2 Å². The molecule has 0 aromatic heterocycles. The molecule has 206 valence electrons. The first kappa shape index (κ1) is 31.7. The number of carboxylic acids is 2. The Hall–Kier alpha value is -3.28. The van der Waals surface area contributed by atoms with Gasteiger partial charge in [-0.3, -0.25) is 4.72 Å². The third-order valence-corrected chi connectivity index (χ3v) is 6.39. The lowest BCUT2D eigenvalue weighted by molar-refractivity contribution is -0.192. The van der Waals surface area contributed by atoms with Crippen molar-refractivity contribution in [2.24, 2.45) is 11.8 Å². The maximum Gasteiger partial charge on any atom is 0.490 e. The van der Waals surface area contributed by atoms with Crippen molar-refractivity contribution in [3.8, 4) is 0 Å². The van der Waals surface area contributed by atoms with Crippen LogP contribution in [0, 0.1) is 25.7 Å². The van der Waals surface area contributed by atoms with Gasteiger partial charge < -0.3 is 15.1 Å². The number of aliphatic carboxylic acids is 1. The molecule has 0 saturated heterocycles. The van der Waals surface area contributed by atoms with Crippen molar-refractivity contribution in [2.75, 3.05) is 22.7 Å². The molecule has 2 rings (SSSR count). The third kappa shape index (κ3) is 9.95. The van der Waals surface area contributed by atoms with E-state index in [0.29, 0.717) is 36.2 Å². The van der Waals surface area contributed by atoms with Gasteiger partial charge in [0.25, 0.3) is 10.0 Å². The fourth-order valence-corrected chi connectivity index (χ4v) is 4.79. The van der Waals surface area contributed by atoms with Gasteiger partial charge in [0.05, 0.1) is 16.1 Å². The number of nitrogens with one attached hydrogen (secondary N) is 1. The van der Waals surface area contributed by atoms with Gasteiger partial charge in [-0.05, 0) is 55.5 Å². The zero-order chi connectivity index (χ0) is 28.7.